The van der Waals surface area contributed by atoms with Crippen molar-refractivity contribution in [1.29, 1.82) is 0 Å². The van der Waals surface area contributed by atoms with Gasteiger partial charge < -0.3 is 0 Å². The van der Waals surface area contributed by atoms with E-state index in [0.717, 1.165) is 0 Å². The van der Waals surface area contributed by atoms with Gasteiger partial charge in [-0.1, -0.05) is 27.7 Å². The summed E-state index contributed by atoms with van der Waals surface area (Å²) in [6.07, 6.45) is 0.616. The molecule has 90 valence electrons. The Morgan fingerprint density at radius 1 is 1.20 bits per heavy atom. The summed E-state index contributed by atoms with van der Waals surface area (Å²) < 4.78 is 25.1. The van der Waals surface area contributed by atoms with Crippen molar-refractivity contribution < 1.29 is 13.2 Å². The lowest BCUT2D eigenvalue weighted by atomic mass is 10.1. The summed E-state index contributed by atoms with van der Waals surface area (Å²) in [6.45, 7) is 7.36. The van der Waals surface area contributed by atoms with Gasteiger partial charge in [-0.2, -0.15) is 0 Å². The van der Waals surface area contributed by atoms with Gasteiger partial charge in [-0.05, 0) is 12.3 Å². The summed E-state index contributed by atoms with van der Waals surface area (Å²) in [7, 11) is -3.28. The second-order valence-corrected chi connectivity index (χ2v) is 6.37. The molecule has 0 aromatic carbocycles. The zero-order valence-corrected chi connectivity index (χ0v) is 10.7. The Bertz CT molecular complexity index is 294. The summed E-state index contributed by atoms with van der Waals surface area (Å²) in [5.41, 5.74) is 0. The molecule has 0 saturated heterocycles. The van der Waals surface area contributed by atoms with Gasteiger partial charge >= 0.3 is 0 Å². The number of carbonyl (C=O) groups excluding carboxylic acids is 1. The van der Waals surface area contributed by atoms with Gasteiger partial charge in [-0.25, -0.2) is 13.1 Å². The quantitative estimate of drug-likeness (QED) is 0.720. The van der Waals surface area contributed by atoms with E-state index in [1.54, 1.807) is 13.8 Å². The average Bonchev–Trinajstić information content (AvgIpc) is 2.11. The van der Waals surface area contributed by atoms with E-state index in [9.17, 15) is 13.2 Å². The molecule has 0 aromatic heterocycles. The molecule has 0 bridgehead atoms. The third kappa shape index (κ3) is 7.50. The van der Waals surface area contributed by atoms with Crippen molar-refractivity contribution >= 4 is 15.8 Å². The molecule has 0 aromatic rings. The van der Waals surface area contributed by atoms with E-state index in [-0.39, 0.29) is 24.0 Å². The number of hydrogen-bond donors (Lipinski definition) is 1. The average molecular weight is 235 g/mol. The Morgan fingerprint density at radius 3 is 2.13 bits per heavy atom. The molecule has 0 unspecified atom stereocenters. The Labute approximate surface area is 92.5 Å². The molecule has 0 spiro atoms. The highest BCUT2D eigenvalue weighted by molar-refractivity contribution is 7.89. The maximum atomic E-state index is 11.4. The highest BCUT2D eigenvalue weighted by Gasteiger charge is 2.14. The predicted molar refractivity (Wildman–Crippen MR) is 61.1 cm³/mol. The fourth-order valence-electron chi connectivity index (χ4n) is 0.848. The molecule has 0 atom stereocenters. The van der Waals surface area contributed by atoms with Crippen LogP contribution in [-0.2, 0) is 14.8 Å². The number of sulfonamides is 1. The zero-order chi connectivity index (χ0) is 12.1. The fourth-order valence-corrected chi connectivity index (χ4v) is 2.14. The van der Waals surface area contributed by atoms with Crippen LogP contribution in [0, 0.1) is 11.8 Å². The first-order valence-corrected chi connectivity index (χ1v) is 6.90. The second-order valence-electron chi connectivity index (χ2n) is 4.44. The highest BCUT2D eigenvalue weighted by atomic mass is 32.2. The first kappa shape index (κ1) is 14.6. The Hall–Kier alpha value is -0.420. The van der Waals surface area contributed by atoms with E-state index in [2.05, 4.69) is 4.72 Å². The van der Waals surface area contributed by atoms with E-state index in [4.69, 9.17) is 0 Å². The molecule has 0 amide bonds. The molecule has 0 radical (unpaired) electrons. The lowest BCUT2D eigenvalue weighted by Crippen LogP contribution is -2.33. The van der Waals surface area contributed by atoms with Crippen LogP contribution in [0.3, 0.4) is 0 Å². The van der Waals surface area contributed by atoms with E-state index in [1.165, 1.54) is 0 Å². The van der Waals surface area contributed by atoms with Crippen LogP contribution in [0.15, 0.2) is 0 Å². The molecule has 5 heteroatoms. The minimum Gasteiger partial charge on any atom is -0.298 e. The van der Waals surface area contributed by atoms with Gasteiger partial charge in [0.25, 0.3) is 0 Å². The summed E-state index contributed by atoms with van der Waals surface area (Å²) in [4.78, 5) is 11.2. The van der Waals surface area contributed by atoms with Crippen LogP contribution in [0.5, 0.6) is 0 Å². The minimum atomic E-state index is -3.28. The first-order chi connectivity index (χ1) is 6.74. The van der Waals surface area contributed by atoms with Crippen LogP contribution in [0.1, 0.15) is 34.1 Å². The van der Waals surface area contributed by atoms with Gasteiger partial charge in [-0.15, -0.1) is 0 Å². The standard InChI is InChI=1S/C10H21NO3S/c1-8(2)5-6-15(13,14)11-7-10(12)9(3)4/h8-9,11H,5-7H2,1-4H3. The third-order valence-corrected chi connectivity index (χ3v) is 3.43. The zero-order valence-electron chi connectivity index (χ0n) is 9.91. The smallest absolute Gasteiger partial charge is 0.212 e. The van der Waals surface area contributed by atoms with Crippen molar-refractivity contribution in [3.63, 3.8) is 0 Å². The topological polar surface area (TPSA) is 63.2 Å². The highest BCUT2D eigenvalue weighted by Crippen LogP contribution is 2.02. The summed E-state index contributed by atoms with van der Waals surface area (Å²) in [5.74, 6) is 0.235. The molecule has 0 fully saturated rings. The lowest BCUT2D eigenvalue weighted by Gasteiger charge is -2.08. The lowest BCUT2D eigenvalue weighted by molar-refractivity contribution is -0.120. The van der Waals surface area contributed by atoms with E-state index < -0.39 is 10.0 Å². The first-order valence-electron chi connectivity index (χ1n) is 5.24. The molecule has 4 nitrogen and oxygen atoms in total. The van der Waals surface area contributed by atoms with Crippen LogP contribution in [0.25, 0.3) is 0 Å². The molecule has 0 heterocycles. The summed E-state index contributed by atoms with van der Waals surface area (Å²) in [6, 6.07) is 0. The maximum absolute atomic E-state index is 11.4. The molecular weight excluding hydrogens is 214 g/mol. The molecule has 0 saturated carbocycles. The van der Waals surface area contributed by atoms with Crippen molar-refractivity contribution in [3.8, 4) is 0 Å². The number of nitrogens with one attached hydrogen (secondary N) is 1. The van der Waals surface area contributed by atoms with Gasteiger partial charge in [-0.3, -0.25) is 4.79 Å². The van der Waals surface area contributed by atoms with E-state index >= 15 is 0 Å². The van der Waals surface area contributed by atoms with Crippen LogP contribution < -0.4 is 4.72 Å². The van der Waals surface area contributed by atoms with Crippen molar-refractivity contribution in [3.05, 3.63) is 0 Å². The van der Waals surface area contributed by atoms with Crippen LogP contribution >= 0.6 is 0 Å². The van der Waals surface area contributed by atoms with Gasteiger partial charge in [0.1, 0.15) is 5.78 Å². The summed E-state index contributed by atoms with van der Waals surface area (Å²) in [5, 5.41) is 0. The summed E-state index contributed by atoms with van der Waals surface area (Å²) >= 11 is 0. The van der Waals surface area contributed by atoms with Crippen molar-refractivity contribution in [2.24, 2.45) is 11.8 Å². The number of Topliss-reactive ketones (excluding diaryl/α,β-unsaturated/α-hetero) is 1. The third-order valence-electron chi connectivity index (χ3n) is 2.07. The second kappa shape index (κ2) is 6.23. The Morgan fingerprint density at radius 2 is 1.73 bits per heavy atom. The number of ketones is 1. The fraction of sp³-hybridized carbons (Fsp3) is 0.900. The number of carbonyl (C=O) groups is 1. The van der Waals surface area contributed by atoms with Crippen molar-refractivity contribution in [2.75, 3.05) is 12.3 Å². The maximum Gasteiger partial charge on any atom is 0.212 e. The number of rotatable bonds is 7. The van der Waals surface area contributed by atoms with Gasteiger partial charge in [0, 0.05) is 5.92 Å². The van der Waals surface area contributed by atoms with Crippen LogP contribution in [-0.4, -0.2) is 26.5 Å². The van der Waals surface area contributed by atoms with Crippen molar-refractivity contribution in [2.45, 2.75) is 34.1 Å². The van der Waals surface area contributed by atoms with E-state index in [1.807, 2.05) is 13.8 Å². The normalized spacial score (nSPS) is 12.4. The van der Waals surface area contributed by atoms with Gasteiger partial charge in [0.15, 0.2) is 0 Å². The Kier molecular flexibility index (Phi) is 6.05. The predicted octanol–water partition coefficient (Wildman–Crippen LogP) is 1.18. The molecule has 0 aliphatic carbocycles. The molecule has 0 aliphatic heterocycles. The SMILES string of the molecule is CC(C)CCS(=O)(=O)NCC(=O)C(C)C. The van der Waals surface area contributed by atoms with Crippen LogP contribution in [0.4, 0.5) is 0 Å². The van der Waals surface area contributed by atoms with Gasteiger partial charge in [0.2, 0.25) is 10.0 Å². The minimum absolute atomic E-state index is 0.0804. The van der Waals surface area contributed by atoms with Crippen LogP contribution in [0.2, 0.25) is 0 Å². The monoisotopic (exact) mass is 235 g/mol. The molecule has 0 rings (SSSR count). The Balaban J connectivity index is 4.00. The molecule has 15 heavy (non-hydrogen) atoms. The molecule has 0 aliphatic rings. The van der Waals surface area contributed by atoms with E-state index in [0.29, 0.717) is 12.3 Å². The van der Waals surface area contributed by atoms with Crippen molar-refractivity contribution in [1.82, 2.24) is 4.72 Å². The number of hydrogen-bond acceptors (Lipinski definition) is 3. The largest absolute Gasteiger partial charge is 0.298 e. The molecular formula is C10H21NO3S. The molecule has 1 N–H and O–H groups in total. The van der Waals surface area contributed by atoms with Gasteiger partial charge in [0.05, 0.1) is 12.3 Å².